The average Bonchev–Trinajstić information content (AvgIpc) is 3.16. The molecule has 0 spiro atoms. The number of para-hydroxylation sites is 1. The highest BCUT2D eigenvalue weighted by molar-refractivity contribution is 7.22. The molecule has 0 aliphatic carbocycles. The molecule has 1 aromatic heterocycles. The van der Waals surface area contributed by atoms with Gasteiger partial charge in [-0.05, 0) is 37.6 Å². The van der Waals surface area contributed by atoms with E-state index < -0.39 is 0 Å². The maximum Gasteiger partial charge on any atom is 0.260 e. The molecular formula is C22H25ClFN3O2S. The molecule has 1 amide bonds. The van der Waals surface area contributed by atoms with Crippen molar-refractivity contribution in [2.24, 2.45) is 0 Å². The number of carbonyl (C=O) groups excluding carboxylic acids is 1. The van der Waals surface area contributed by atoms with Gasteiger partial charge in [0.1, 0.15) is 11.3 Å². The molecule has 0 N–H and O–H groups in total. The van der Waals surface area contributed by atoms with Gasteiger partial charge in [0.25, 0.3) is 5.91 Å². The van der Waals surface area contributed by atoms with Gasteiger partial charge in [0, 0.05) is 31.7 Å². The average molecular weight is 450 g/mol. The Balaban J connectivity index is 0.00000256. The maximum atomic E-state index is 14.2. The number of thiazole rings is 1. The summed E-state index contributed by atoms with van der Waals surface area (Å²) >= 11 is 1.35. The minimum atomic E-state index is -0.364. The van der Waals surface area contributed by atoms with E-state index in [0.717, 1.165) is 35.5 Å². The lowest BCUT2D eigenvalue weighted by atomic mass is 10.0. The summed E-state index contributed by atoms with van der Waals surface area (Å²) in [5.41, 5.74) is 2.93. The number of hydrogen-bond acceptors (Lipinski definition) is 5. The summed E-state index contributed by atoms with van der Waals surface area (Å²) in [6, 6.07) is 10.8. The Kier molecular flexibility index (Phi) is 7.41. The highest BCUT2D eigenvalue weighted by Gasteiger charge is 2.24. The largest absolute Gasteiger partial charge is 0.379 e. The summed E-state index contributed by atoms with van der Waals surface area (Å²) in [5.74, 6) is -0.462. The first kappa shape index (κ1) is 22.6. The Hall–Kier alpha value is -2.06. The highest BCUT2D eigenvalue weighted by Crippen LogP contribution is 2.31. The molecule has 1 saturated heterocycles. The summed E-state index contributed by atoms with van der Waals surface area (Å²) in [4.78, 5) is 22.0. The van der Waals surface area contributed by atoms with E-state index in [1.807, 2.05) is 38.1 Å². The number of ether oxygens (including phenoxy) is 1. The number of morpholine rings is 1. The second-order valence-corrected chi connectivity index (χ2v) is 8.32. The van der Waals surface area contributed by atoms with Crippen LogP contribution in [0.4, 0.5) is 9.52 Å². The van der Waals surface area contributed by atoms with Crippen molar-refractivity contribution in [2.75, 3.05) is 44.3 Å². The van der Waals surface area contributed by atoms with Crippen LogP contribution < -0.4 is 4.90 Å². The molecule has 0 unspecified atom stereocenters. The lowest BCUT2D eigenvalue weighted by molar-refractivity contribution is 0.0391. The number of aryl methyl sites for hydroxylation is 2. The van der Waals surface area contributed by atoms with Gasteiger partial charge < -0.3 is 4.74 Å². The van der Waals surface area contributed by atoms with Crippen LogP contribution in [0.3, 0.4) is 0 Å². The van der Waals surface area contributed by atoms with Gasteiger partial charge in [0.05, 0.1) is 17.9 Å². The van der Waals surface area contributed by atoms with E-state index in [1.165, 1.54) is 17.4 Å². The molecule has 5 nitrogen and oxygen atoms in total. The van der Waals surface area contributed by atoms with Crippen LogP contribution in [-0.4, -0.2) is 55.2 Å². The molecule has 1 aliphatic heterocycles. The monoisotopic (exact) mass is 449 g/mol. The highest BCUT2D eigenvalue weighted by atomic mass is 35.5. The topological polar surface area (TPSA) is 45.7 Å². The normalized spacial score (nSPS) is 14.5. The van der Waals surface area contributed by atoms with Gasteiger partial charge in [-0.15, -0.1) is 12.4 Å². The number of nitrogens with zero attached hydrogens (tertiary/aromatic N) is 3. The zero-order valence-electron chi connectivity index (χ0n) is 17.1. The van der Waals surface area contributed by atoms with Crippen LogP contribution in [0.1, 0.15) is 21.5 Å². The number of rotatable bonds is 5. The first-order valence-corrected chi connectivity index (χ1v) is 10.6. The van der Waals surface area contributed by atoms with E-state index in [-0.39, 0.29) is 24.1 Å². The summed E-state index contributed by atoms with van der Waals surface area (Å²) in [5, 5.41) is 0.532. The van der Waals surface area contributed by atoms with Crippen molar-refractivity contribution in [3.8, 4) is 0 Å². The molecule has 1 fully saturated rings. The lowest BCUT2D eigenvalue weighted by Gasteiger charge is -2.29. The second-order valence-electron chi connectivity index (χ2n) is 7.31. The third kappa shape index (κ3) is 4.81. The fourth-order valence-electron chi connectivity index (χ4n) is 3.48. The summed E-state index contributed by atoms with van der Waals surface area (Å²) in [6.07, 6.45) is 0. The van der Waals surface area contributed by atoms with Gasteiger partial charge in [-0.3, -0.25) is 14.6 Å². The Morgan fingerprint density at radius 3 is 2.73 bits per heavy atom. The van der Waals surface area contributed by atoms with Crippen LogP contribution in [0, 0.1) is 19.7 Å². The van der Waals surface area contributed by atoms with Crippen LogP contribution in [0.5, 0.6) is 0 Å². The van der Waals surface area contributed by atoms with Gasteiger partial charge in [-0.2, -0.15) is 0 Å². The smallest absolute Gasteiger partial charge is 0.260 e. The third-order valence-corrected chi connectivity index (χ3v) is 6.25. The zero-order chi connectivity index (χ0) is 20.4. The fraction of sp³-hybridized carbons (Fsp3) is 0.364. The molecular weight excluding hydrogens is 425 g/mol. The van der Waals surface area contributed by atoms with Crippen LogP contribution in [0.25, 0.3) is 10.2 Å². The number of carbonyl (C=O) groups is 1. The molecule has 0 radical (unpaired) electrons. The van der Waals surface area contributed by atoms with Crippen molar-refractivity contribution < 1.29 is 13.9 Å². The number of hydrogen-bond donors (Lipinski definition) is 0. The molecule has 0 saturated carbocycles. The van der Waals surface area contributed by atoms with Gasteiger partial charge >= 0.3 is 0 Å². The molecule has 8 heteroatoms. The molecule has 2 heterocycles. The number of fused-ring (bicyclic) bond motifs is 1. The predicted octanol–water partition coefficient (Wildman–Crippen LogP) is 4.45. The van der Waals surface area contributed by atoms with Crippen LogP contribution in [-0.2, 0) is 4.74 Å². The molecule has 160 valence electrons. The number of halogens is 2. The van der Waals surface area contributed by atoms with Crippen LogP contribution in [0.15, 0.2) is 36.4 Å². The van der Waals surface area contributed by atoms with Crippen molar-refractivity contribution in [3.05, 3.63) is 58.9 Å². The molecule has 2 aromatic carbocycles. The van der Waals surface area contributed by atoms with Crippen molar-refractivity contribution in [3.63, 3.8) is 0 Å². The zero-order valence-corrected chi connectivity index (χ0v) is 18.7. The van der Waals surface area contributed by atoms with Crippen LogP contribution >= 0.6 is 23.7 Å². The number of amides is 1. The quantitative estimate of drug-likeness (QED) is 0.577. The maximum absolute atomic E-state index is 14.2. The Morgan fingerprint density at radius 1 is 1.23 bits per heavy atom. The molecule has 1 aliphatic rings. The first-order valence-electron chi connectivity index (χ1n) is 9.77. The molecule has 0 atom stereocenters. The Labute approximate surface area is 185 Å². The van der Waals surface area contributed by atoms with E-state index >= 15 is 0 Å². The van der Waals surface area contributed by atoms with E-state index in [0.29, 0.717) is 36.0 Å². The van der Waals surface area contributed by atoms with Crippen molar-refractivity contribution in [1.29, 1.82) is 0 Å². The molecule has 30 heavy (non-hydrogen) atoms. The number of benzene rings is 2. The predicted molar refractivity (Wildman–Crippen MR) is 122 cm³/mol. The standard InChI is InChI=1S/C22H24FN3O2S.ClH/c1-15-6-7-16(2)17(14-15)21(27)26(9-8-25-10-12-28-13-11-25)22-24-20-18(23)4-3-5-19(20)29-22;/h3-7,14H,8-13H2,1-2H3;1H. The molecule has 4 rings (SSSR count). The van der Waals surface area contributed by atoms with Gasteiger partial charge in [-0.1, -0.05) is 35.1 Å². The molecule has 0 bridgehead atoms. The summed E-state index contributed by atoms with van der Waals surface area (Å²) in [6.45, 7) is 8.23. The van der Waals surface area contributed by atoms with E-state index in [4.69, 9.17) is 4.74 Å². The molecule has 3 aromatic rings. The number of anilines is 1. The van der Waals surface area contributed by atoms with Gasteiger partial charge in [-0.25, -0.2) is 9.37 Å². The summed E-state index contributed by atoms with van der Waals surface area (Å²) < 4.78 is 20.4. The van der Waals surface area contributed by atoms with Gasteiger partial charge in [0.15, 0.2) is 5.13 Å². The van der Waals surface area contributed by atoms with E-state index in [9.17, 15) is 9.18 Å². The van der Waals surface area contributed by atoms with Crippen molar-refractivity contribution >= 4 is 45.0 Å². The van der Waals surface area contributed by atoms with E-state index in [2.05, 4.69) is 9.88 Å². The minimum absolute atomic E-state index is 0. The SMILES string of the molecule is Cc1ccc(C)c(C(=O)N(CCN2CCOCC2)c2nc3c(F)cccc3s2)c1.Cl. The fourth-order valence-corrected chi connectivity index (χ4v) is 4.49. The first-order chi connectivity index (χ1) is 14.0. The van der Waals surface area contributed by atoms with Crippen molar-refractivity contribution in [1.82, 2.24) is 9.88 Å². The number of aromatic nitrogens is 1. The second kappa shape index (κ2) is 9.83. The minimum Gasteiger partial charge on any atom is -0.379 e. The van der Waals surface area contributed by atoms with Crippen LogP contribution in [0.2, 0.25) is 0 Å². The van der Waals surface area contributed by atoms with Gasteiger partial charge in [0.2, 0.25) is 0 Å². The Bertz CT molecular complexity index is 1040. The third-order valence-electron chi connectivity index (χ3n) is 5.20. The Morgan fingerprint density at radius 2 is 2.00 bits per heavy atom. The van der Waals surface area contributed by atoms with E-state index in [1.54, 1.807) is 11.0 Å². The van der Waals surface area contributed by atoms with Crippen molar-refractivity contribution in [2.45, 2.75) is 13.8 Å². The lowest BCUT2D eigenvalue weighted by Crippen LogP contribution is -2.43. The summed E-state index contributed by atoms with van der Waals surface area (Å²) in [7, 11) is 0.